The Kier molecular flexibility index (Phi) is 4.35. The molecule has 0 radical (unpaired) electrons. The first-order valence-electron chi connectivity index (χ1n) is 5.66. The minimum Gasteiger partial charge on any atom is -0.485 e. The summed E-state index contributed by atoms with van der Waals surface area (Å²) >= 11 is 5.91. The lowest BCUT2D eigenvalue weighted by Gasteiger charge is -2.12. The van der Waals surface area contributed by atoms with Gasteiger partial charge in [-0.05, 0) is 24.3 Å². The van der Waals surface area contributed by atoms with Crippen LogP contribution in [0.1, 0.15) is 11.1 Å². The molecular weight excluding hydrogens is 272 g/mol. The van der Waals surface area contributed by atoms with Crippen LogP contribution in [-0.4, -0.2) is 0 Å². The molecule has 2 aromatic rings. The van der Waals surface area contributed by atoms with E-state index in [9.17, 15) is 8.78 Å². The van der Waals surface area contributed by atoms with E-state index >= 15 is 0 Å². The molecular formula is C14H12ClF2NO. The molecule has 5 heteroatoms. The average molecular weight is 284 g/mol. The van der Waals surface area contributed by atoms with Crippen molar-refractivity contribution in [2.75, 3.05) is 0 Å². The third-order valence-electron chi connectivity index (χ3n) is 2.65. The van der Waals surface area contributed by atoms with E-state index in [4.69, 9.17) is 22.1 Å². The smallest absolute Gasteiger partial charge is 0.165 e. The molecule has 0 aliphatic carbocycles. The third kappa shape index (κ3) is 3.22. The van der Waals surface area contributed by atoms with Crippen molar-refractivity contribution in [3.05, 3.63) is 64.2 Å². The second-order valence-electron chi connectivity index (χ2n) is 3.96. The fraction of sp³-hybridized carbons (Fsp3) is 0.143. The molecule has 0 saturated carbocycles. The van der Waals surface area contributed by atoms with Gasteiger partial charge in [0.25, 0.3) is 0 Å². The predicted octanol–water partition coefficient (Wildman–Crippen LogP) is 3.66. The maximum atomic E-state index is 13.6. The van der Waals surface area contributed by atoms with Crippen molar-refractivity contribution in [3.8, 4) is 5.75 Å². The summed E-state index contributed by atoms with van der Waals surface area (Å²) in [6.07, 6.45) is 0. The van der Waals surface area contributed by atoms with E-state index in [0.717, 1.165) is 0 Å². The Morgan fingerprint density at radius 1 is 1.11 bits per heavy atom. The Morgan fingerprint density at radius 3 is 2.63 bits per heavy atom. The van der Waals surface area contributed by atoms with Crippen LogP contribution < -0.4 is 10.5 Å². The quantitative estimate of drug-likeness (QED) is 0.929. The molecule has 0 unspecified atom stereocenters. The van der Waals surface area contributed by atoms with Crippen molar-refractivity contribution < 1.29 is 13.5 Å². The van der Waals surface area contributed by atoms with Crippen LogP contribution in [-0.2, 0) is 13.2 Å². The maximum absolute atomic E-state index is 13.6. The molecule has 0 bridgehead atoms. The van der Waals surface area contributed by atoms with Gasteiger partial charge in [-0.3, -0.25) is 0 Å². The van der Waals surface area contributed by atoms with Gasteiger partial charge in [0.15, 0.2) is 11.6 Å². The monoisotopic (exact) mass is 283 g/mol. The minimum absolute atomic E-state index is 0.0233. The molecule has 0 aromatic heterocycles. The highest BCUT2D eigenvalue weighted by Crippen LogP contribution is 2.25. The lowest BCUT2D eigenvalue weighted by molar-refractivity contribution is 0.286. The molecule has 0 aliphatic heterocycles. The highest BCUT2D eigenvalue weighted by Gasteiger charge is 2.10. The average Bonchev–Trinajstić information content (AvgIpc) is 2.40. The Labute approximate surface area is 114 Å². The third-order valence-corrected chi connectivity index (χ3v) is 3.02. The van der Waals surface area contributed by atoms with Crippen LogP contribution in [0.2, 0.25) is 5.02 Å². The normalized spacial score (nSPS) is 10.5. The summed E-state index contributed by atoms with van der Waals surface area (Å²) in [6, 6.07) is 8.44. The predicted molar refractivity (Wildman–Crippen MR) is 70.0 cm³/mol. The van der Waals surface area contributed by atoms with Crippen LogP contribution >= 0.6 is 11.6 Å². The van der Waals surface area contributed by atoms with Crippen molar-refractivity contribution in [2.45, 2.75) is 13.2 Å². The van der Waals surface area contributed by atoms with Crippen molar-refractivity contribution in [2.24, 2.45) is 5.73 Å². The Balaban J connectivity index is 2.21. The molecule has 2 nitrogen and oxygen atoms in total. The zero-order valence-electron chi connectivity index (χ0n) is 10.00. The number of hydrogen-bond acceptors (Lipinski definition) is 2. The topological polar surface area (TPSA) is 35.2 Å². The first-order valence-corrected chi connectivity index (χ1v) is 6.04. The van der Waals surface area contributed by atoms with Gasteiger partial charge < -0.3 is 10.5 Å². The highest BCUT2D eigenvalue weighted by atomic mass is 35.5. The molecule has 19 heavy (non-hydrogen) atoms. The first-order chi connectivity index (χ1) is 9.11. The molecule has 0 heterocycles. The number of halogens is 3. The fourth-order valence-electron chi connectivity index (χ4n) is 1.68. The number of nitrogens with two attached hydrogens (primary N) is 1. The minimum atomic E-state index is -0.504. The molecule has 0 amide bonds. The van der Waals surface area contributed by atoms with Crippen molar-refractivity contribution >= 4 is 11.6 Å². The number of benzene rings is 2. The zero-order valence-corrected chi connectivity index (χ0v) is 10.8. The molecule has 0 fully saturated rings. The van der Waals surface area contributed by atoms with Crippen LogP contribution in [0.15, 0.2) is 36.4 Å². The molecule has 0 aliphatic rings. The number of para-hydroxylation sites is 1. The van der Waals surface area contributed by atoms with Crippen LogP contribution in [0.5, 0.6) is 5.75 Å². The summed E-state index contributed by atoms with van der Waals surface area (Å²) < 4.78 is 32.1. The highest BCUT2D eigenvalue weighted by molar-refractivity contribution is 6.31. The van der Waals surface area contributed by atoms with Gasteiger partial charge in [-0.15, -0.1) is 0 Å². The zero-order chi connectivity index (χ0) is 13.8. The number of ether oxygens (including phenoxy) is 1. The van der Waals surface area contributed by atoms with E-state index in [0.29, 0.717) is 16.1 Å². The number of hydrogen-bond donors (Lipinski definition) is 1. The van der Waals surface area contributed by atoms with Gasteiger partial charge in [0.05, 0.1) is 0 Å². The van der Waals surface area contributed by atoms with Gasteiger partial charge in [0.2, 0.25) is 0 Å². The molecule has 0 spiro atoms. The summed E-state index contributed by atoms with van der Waals surface area (Å²) in [5, 5.41) is 0.368. The van der Waals surface area contributed by atoms with E-state index in [1.165, 1.54) is 24.3 Å². The van der Waals surface area contributed by atoms with Gasteiger partial charge in [-0.25, -0.2) is 8.78 Å². The SMILES string of the molecule is NCc1cccc(F)c1OCc1cc(F)ccc1Cl. The van der Waals surface area contributed by atoms with E-state index in [1.807, 2.05) is 0 Å². The van der Waals surface area contributed by atoms with Crippen molar-refractivity contribution in [1.29, 1.82) is 0 Å². The second-order valence-corrected chi connectivity index (χ2v) is 4.36. The Bertz CT molecular complexity index is 590. The molecule has 0 atom stereocenters. The largest absolute Gasteiger partial charge is 0.485 e. The van der Waals surface area contributed by atoms with Gasteiger partial charge in [0.1, 0.15) is 12.4 Å². The van der Waals surface area contributed by atoms with E-state index in [1.54, 1.807) is 12.1 Å². The van der Waals surface area contributed by atoms with Crippen molar-refractivity contribution in [1.82, 2.24) is 0 Å². The van der Waals surface area contributed by atoms with Crippen LogP contribution in [0.4, 0.5) is 8.78 Å². The standard InChI is InChI=1S/C14H12ClF2NO/c15-12-5-4-11(16)6-10(12)8-19-14-9(7-18)2-1-3-13(14)17/h1-6H,7-8,18H2. The summed E-state index contributed by atoms with van der Waals surface area (Å²) in [6.45, 7) is 0.133. The van der Waals surface area contributed by atoms with E-state index < -0.39 is 11.6 Å². The van der Waals surface area contributed by atoms with E-state index in [2.05, 4.69) is 0 Å². The summed E-state index contributed by atoms with van der Waals surface area (Å²) in [4.78, 5) is 0. The maximum Gasteiger partial charge on any atom is 0.165 e. The summed E-state index contributed by atoms with van der Waals surface area (Å²) in [5.41, 5.74) is 6.51. The lowest BCUT2D eigenvalue weighted by atomic mass is 10.2. The van der Waals surface area contributed by atoms with Crippen LogP contribution in [0, 0.1) is 11.6 Å². The van der Waals surface area contributed by atoms with Gasteiger partial charge >= 0.3 is 0 Å². The lowest BCUT2D eigenvalue weighted by Crippen LogP contribution is -2.05. The van der Waals surface area contributed by atoms with Gasteiger partial charge in [-0.1, -0.05) is 23.7 Å². The van der Waals surface area contributed by atoms with Crippen LogP contribution in [0.3, 0.4) is 0 Å². The number of rotatable bonds is 4. The van der Waals surface area contributed by atoms with Crippen LogP contribution in [0.25, 0.3) is 0 Å². The van der Waals surface area contributed by atoms with Gasteiger partial charge in [0, 0.05) is 22.7 Å². The molecule has 2 rings (SSSR count). The summed E-state index contributed by atoms with van der Waals surface area (Å²) in [7, 11) is 0. The van der Waals surface area contributed by atoms with E-state index in [-0.39, 0.29) is 18.9 Å². The fourth-order valence-corrected chi connectivity index (χ4v) is 1.85. The van der Waals surface area contributed by atoms with Crippen molar-refractivity contribution in [3.63, 3.8) is 0 Å². The molecule has 2 aromatic carbocycles. The van der Waals surface area contributed by atoms with Gasteiger partial charge in [-0.2, -0.15) is 0 Å². The first kappa shape index (κ1) is 13.8. The Hall–Kier alpha value is -1.65. The molecule has 100 valence electrons. The summed E-state index contributed by atoms with van der Waals surface area (Å²) in [5.74, 6) is -0.851. The second kappa shape index (κ2) is 5.99. The Morgan fingerprint density at radius 2 is 1.89 bits per heavy atom. The molecule has 0 saturated heterocycles. The molecule has 2 N–H and O–H groups in total.